The summed E-state index contributed by atoms with van der Waals surface area (Å²) in [5.74, 6) is 0.711. The summed E-state index contributed by atoms with van der Waals surface area (Å²) < 4.78 is 1.69. The van der Waals surface area contributed by atoms with E-state index in [4.69, 9.17) is 0 Å². The van der Waals surface area contributed by atoms with E-state index in [9.17, 15) is 9.90 Å². The summed E-state index contributed by atoms with van der Waals surface area (Å²) in [6.07, 6.45) is 5.26. The number of rotatable bonds is 11. The number of aliphatic hydroxyl groups is 1. The van der Waals surface area contributed by atoms with Gasteiger partial charge >= 0.3 is 0 Å². The van der Waals surface area contributed by atoms with Gasteiger partial charge in [-0.2, -0.15) is 0 Å². The highest BCUT2D eigenvalue weighted by Gasteiger charge is 2.24. The number of guanidine groups is 1. The lowest BCUT2D eigenvalue weighted by Gasteiger charge is -2.28. The first-order valence-corrected chi connectivity index (χ1v) is 11.0. The first-order valence-electron chi connectivity index (χ1n) is 11.0. The van der Waals surface area contributed by atoms with Gasteiger partial charge in [-0.3, -0.25) is 4.79 Å². The Bertz CT molecular complexity index is 843. The molecule has 3 N–H and O–H groups in total. The van der Waals surface area contributed by atoms with Crippen LogP contribution in [0.15, 0.2) is 58.4 Å². The Morgan fingerprint density at radius 1 is 1.00 bits per heavy atom. The summed E-state index contributed by atoms with van der Waals surface area (Å²) in [7, 11) is 0. The number of hydrogen-bond acceptors (Lipinski definition) is 3. The number of nitrogens with zero attached hydrogens (tertiary/aromatic N) is 2. The van der Waals surface area contributed by atoms with E-state index < -0.39 is 5.60 Å². The van der Waals surface area contributed by atoms with Crippen LogP contribution in [0, 0.1) is 0 Å². The molecule has 0 aliphatic carbocycles. The monoisotopic (exact) mass is 540 g/mol. The van der Waals surface area contributed by atoms with Crippen molar-refractivity contribution in [2.45, 2.75) is 65.1 Å². The smallest absolute Gasteiger partial charge is 0.250 e. The first kappa shape index (κ1) is 27.2. The van der Waals surface area contributed by atoms with Gasteiger partial charge in [-0.1, -0.05) is 57.0 Å². The van der Waals surface area contributed by atoms with Gasteiger partial charge in [0, 0.05) is 25.4 Å². The van der Waals surface area contributed by atoms with E-state index in [-0.39, 0.29) is 29.5 Å². The highest BCUT2D eigenvalue weighted by molar-refractivity contribution is 14.0. The fourth-order valence-corrected chi connectivity index (χ4v) is 3.53. The average molecular weight is 540 g/mol. The van der Waals surface area contributed by atoms with Gasteiger partial charge < -0.3 is 20.3 Å². The van der Waals surface area contributed by atoms with Crippen molar-refractivity contribution in [1.82, 2.24) is 15.2 Å². The zero-order valence-corrected chi connectivity index (χ0v) is 21.3. The Balaban J connectivity index is 0.00000480. The van der Waals surface area contributed by atoms with E-state index in [1.54, 1.807) is 22.9 Å². The molecule has 0 saturated carbocycles. The molecule has 0 radical (unpaired) electrons. The van der Waals surface area contributed by atoms with Gasteiger partial charge in [-0.25, -0.2) is 4.99 Å². The van der Waals surface area contributed by atoms with Gasteiger partial charge in [-0.15, -0.1) is 24.0 Å². The Kier molecular flexibility index (Phi) is 12.5. The third-order valence-corrected chi connectivity index (χ3v) is 5.05. The maximum Gasteiger partial charge on any atom is 0.250 e. The fourth-order valence-electron chi connectivity index (χ4n) is 3.53. The summed E-state index contributed by atoms with van der Waals surface area (Å²) in [5.41, 5.74) is 1.47. The van der Waals surface area contributed by atoms with Crippen LogP contribution in [-0.2, 0) is 13.1 Å². The summed E-state index contributed by atoms with van der Waals surface area (Å²) >= 11 is 0. The van der Waals surface area contributed by atoms with Crippen LogP contribution in [0.2, 0.25) is 0 Å². The van der Waals surface area contributed by atoms with Crippen LogP contribution < -0.4 is 16.2 Å². The molecule has 1 heterocycles. The van der Waals surface area contributed by atoms with Crippen molar-refractivity contribution in [2.75, 3.05) is 13.1 Å². The minimum Gasteiger partial charge on any atom is -0.388 e. The molecule has 7 heteroatoms. The van der Waals surface area contributed by atoms with Crippen LogP contribution in [0.4, 0.5) is 0 Å². The number of pyridine rings is 1. The van der Waals surface area contributed by atoms with E-state index in [2.05, 4.69) is 29.5 Å². The van der Waals surface area contributed by atoms with E-state index in [0.29, 0.717) is 25.6 Å². The second-order valence-corrected chi connectivity index (χ2v) is 7.76. The molecule has 0 aliphatic heterocycles. The molecule has 0 amide bonds. The third-order valence-electron chi connectivity index (χ3n) is 5.05. The molecule has 0 bridgehead atoms. The Labute approximate surface area is 203 Å². The number of benzene rings is 1. The van der Waals surface area contributed by atoms with Crippen LogP contribution in [0.25, 0.3) is 0 Å². The van der Waals surface area contributed by atoms with Crippen LogP contribution in [-0.4, -0.2) is 34.3 Å². The molecule has 0 fully saturated rings. The van der Waals surface area contributed by atoms with E-state index in [0.717, 1.165) is 43.4 Å². The first-order chi connectivity index (χ1) is 14.5. The standard InChI is InChI=1S/C24H36N4O2.HI/c1-4-14-24(30,15-5-2)19-27-23(25-6-3)26-17-20-10-12-21(13-11-20)18-28-16-8-7-9-22(28)29;/h7-13,16,30H,4-6,14-15,17-19H2,1-3H3,(H2,25,26,27);1H. The molecule has 172 valence electrons. The summed E-state index contributed by atoms with van der Waals surface area (Å²) in [6, 6.07) is 13.3. The van der Waals surface area contributed by atoms with Crippen molar-refractivity contribution in [3.05, 3.63) is 70.1 Å². The van der Waals surface area contributed by atoms with Gasteiger partial charge in [0.2, 0.25) is 0 Å². The number of halogens is 1. The average Bonchev–Trinajstić information content (AvgIpc) is 2.73. The Hall–Kier alpha value is -1.87. The summed E-state index contributed by atoms with van der Waals surface area (Å²) in [6.45, 7) is 8.57. The lowest BCUT2D eigenvalue weighted by molar-refractivity contribution is 0.0257. The lowest BCUT2D eigenvalue weighted by Crippen LogP contribution is -2.47. The molecule has 0 saturated heterocycles. The van der Waals surface area contributed by atoms with Crippen molar-refractivity contribution in [3.63, 3.8) is 0 Å². The molecule has 2 aromatic rings. The second kappa shape index (κ2) is 14.2. The fraction of sp³-hybridized carbons (Fsp3) is 0.500. The molecular formula is C24H37IN4O2. The van der Waals surface area contributed by atoms with Gasteiger partial charge in [0.05, 0.1) is 18.7 Å². The zero-order valence-electron chi connectivity index (χ0n) is 18.9. The highest BCUT2D eigenvalue weighted by atomic mass is 127. The number of nitrogens with one attached hydrogen (secondary N) is 2. The van der Waals surface area contributed by atoms with Crippen LogP contribution >= 0.6 is 24.0 Å². The normalized spacial score (nSPS) is 11.7. The van der Waals surface area contributed by atoms with Crippen molar-refractivity contribution in [1.29, 1.82) is 0 Å². The van der Waals surface area contributed by atoms with Crippen molar-refractivity contribution in [2.24, 2.45) is 4.99 Å². The summed E-state index contributed by atoms with van der Waals surface area (Å²) in [4.78, 5) is 16.5. The maximum absolute atomic E-state index is 11.9. The topological polar surface area (TPSA) is 78.7 Å². The van der Waals surface area contributed by atoms with Gasteiger partial charge in [0.15, 0.2) is 5.96 Å². The van der Waals surface area contributed by atoms with Crippen LogP contribution in [0.1, 0.15) is 57.6 Å². The van der Waals surface area contributed by atoms with Crippen molar-refractivity contribution in [3.8, 4) is 0 Å². The zero-order chi connectivity index (χ0) is 21.8. The van der Waals surface area contributed by atoms with Gasteiger partial charge in [0.1, 0.15) is 0 Å². The number of aromatic nitrogens is 1. The minimum atomic E-state index is -0.698. The Morgan fingerprint density at radius 3 is 2.23 bits per heavy atom. The molecule has 1 aromatic heterocycles. The highest BCUT2D eigenvalue weighted by Crippen LogP contribution is 2.18. The van der Waals surface area contributed by atoms with Gasteiger partial charge in [-0.05, 0) is 37.0 Å². The van der Waals surface area contributed by atoms with Crippen molar-refractivity contribution < 1.29 is 5.11 Å². The Morgan fingerprint density at radius 2 is 1.65 bits per heavy atom. The van der Waals surface area contributed by atoms with Crippen LogP contribution in [0.3, 0.4) is 0 Å². The van der Waals surface area contributed by atoms with Crippen molar-refractivity contribution >= 4 is 29.9 Å². The van der Waals surface area contributed by atoms with Gasteiger partial charge in [0.25, 0.3) is 5.56 Å². The predicted molar refractivity (Wildman–Crippen MR) is 139 cm³/mol. The summed E-state index contributed by atoms with van der Waals surface area (Å²) in [5, 5.41) is 17.4. The molecule has 0 spiro atoms. The minimum absolute atomic E-state index is 0. The van der Waals surface area contributed by atoms with E-state index in [1.165, 1.54) is 0 Å². The van der Waals surface area contributed by atoms with E-state index in [1.807, 2.05) is 37.3 Å². The molecule has 2 rings (SSSR count). The predicted octanol–water partition coefficient (Wildman–Crippen LogP) is 3.90. The molecule has 6 nitrogen and oxygen atoms in total. The number of aliphatic imine (C=N–C) groups is 1. The molecule has 31 heavy (non-hydrogen) atoms. The molecule has 0 unspecified atom stereocenters. The molecule has 0 atom stereocenters. The molecule has 1 aromatic carbocycles. The third kappa shape index (κ3) is 9.43. The molecular weight excluding hydrogens is 503 g/mol. The maximum atomic E-state index is 11.9. The van der Waals surface area contributed by atoms with E-state index >= 15 is 0 Å². The lowest BCUT2D eigenvalue weighted by atomic mass is 9.93. The second-order valence-electron chi connectivity index (χ2n) is 7.76. The SMILES string of the molecule is CCCC(O)(CCC)CNC(=NCc1ccc(Cn2ccccc2=O)cc1)NCC.I. The quantitative estimate of drug-likeness (QED) is 0.230. The number of hydrogen-bond donors (Lipinski definition) is 3. The van der Waals surface area contributed by atoms with Crippen LogP contribution in [0.5, 0.6) is 0 Å². The molecule has 0 aliphatic rings. The largest absolute Gasteiger partial charge is 0.388 e.